The van der Waals surface area contributed by atoms with E-state index in [1.165, 1.54) is 0 Å². The van der Waals surface area contributed by atoms with Crippen LogP contribution in [0.5, 0.6) is 0 Å². The first-order valence-corrected chi connectivity index (χ1v) is 6.83. The Hall–Kier alpha value is -2.27. The van der Waals surface area contributed by atoms with Gasteiger partial charge in [0.1, 0.15) is 5.69 Å². The van der Waals surface area contributed by atoms with E-state index in [0.29, 0.717) is 34.1 Å². The predicted molar refractivity (Wildman–Crippen MR) is 83.6 cm³/mol. The second-order valence-electron chi connectivity index (χ2n) is 4.44. The monoisotopic (exact) mass is 305 g/mol. The molecule has 21 heavy (non-hydrogen) atoms. The first-order chi connectivity index (χ1) is 10.0. The van der Waals surface area contributed by atoms with Crippen LogP contribution in [0.15, 0.2) is 30.5 Å². The van der Waals surface area contributed by atoms with Gasteiger partial charge in [-0.2, -0.15) is 5.10 Å². The number of carbonyl (C=O) groups excluding carboxylic acids is 1. The molecule has 6 heteroatoms. The van der Waals surface area contributed by atoms with E-state index in [-0.39, 0.29) is 0 Å². The van der Waals surface area contributed by atoms with Crippen molar-refractivity contribution in [3.63, 3.8) is 0 Å². The average Bonchev–Trinajstić information content (AvgIpc) is 2.75. The number of carbonyl (C=O) groups is 1. The topological polar surface area (TPSA) is 70.1 Å². The zero-order chi connectivity index (χ0) is 15.4. The van der Waals surface area contributed by atoms with Crippen LogP contribution in [0.25, 0.3) is 11.6 Å². The first-order valence-electron chi connectivity index (χ1n) is 6.45. The van der Waals surface area contributed by atoms with Crippen LogP contribution in [0.1, 0.15) is 18.2 Å². The van der Waals surface area contributed by atoms with Crippen LogP contribution < -0.4 is 5.73 Å². The minimum Gasteiger partial charge on any atom is -0.462 e. The third-order valence-electron chi connectivity index (χ3n) is 2.81. The molecule has 0 unspecified atom stereocenters. The summed E-state index contributed by atoms with van der Waals surface area (Å²) in [5.41, 5.74) is 7.89. The number of benzene rings is 1. The predicted octanol–water partition coefficient (Wildman–Crippen LogP) is 2.76. The van der Waals surface area contributed by atoms with E-state index in [2.05, 4.69) is 5.10 Å². The van der Waals surface area contributed by atoms with E-state index in [4.69, 9.17) is 22.1 Å². The molecule has 1 aromatic carbocycles. The maximum absolute atomic E-state index is 12.2. The van der Waals surface area contributed by atoms with Gasteiger partial charge in [0.05, 0.1) is 17.2 Å². The normalized spacial score (nSPS) is 11.5. The molecule has 0 amide bonds. The van der Waals surface area contributed by atoms with E-state index in [1.54, 1.807) is 55.2 Å². The highest BCUT2D eigenvalue weighted by Crippen LogP contribution is 2.24. The van der Waals surface area contributed by atoms with Crippen molar-refractivity contribution in [1.29, 1.82) is 0 Å². The molecular weight excluding hydrogens is 290 g/mol. The van der Waals surface area contributed by atoms with Crippen LogP contribution in [-0.4, -0.2) is 22.4 Å². The van der Waals surface area contributed by atoms with Gasteiger partial charge in [-0.05, 0) is 30.7 Å². The molecule has 0 aliphatic rings. The van der Waals surface area contributed by atoms with Crippen LogP contribution in [0.2, 0.25) is 5.02 Å². The number of aryl methyl sites for hydroxylation is 1. The van der Waals surface area contributed by atoms with Gasteiger partial charge in [0.15, 0.2) is 0 Å². The Morgan fingerprint density at radius 2 is 2.10 bits per heavy atom. The summed E-state index contributed by atoms with van der Waals surface area (Å²) in [6, 6.07) is 6.97. The average molecular weight is 306 g/mol. The number of anilines is 1. The maximum atomic E-state index is 12.2. The Balaban J connectivity index is 2.48. The van der Waals surface area contributed by atoms with Crippen LogP contribution in [0.4, 0.5) is 5.69 Å². The molecule has 0 fully saturated rings. The quantitative estimate of drug-likeness (QED) is 0.536. The third kappa shape index (κ3) is 3.64. The number of hydrogen-bond donors (Lipinski definition) is 1. The number of rotatable bonds is 4. The summed E-state index contributed by atoms with van der Waals surface area (Å²) in [5.74, 6) is -0.427. The van der Waals surface area contributed by atoms with Crippen molar-refractivity contribution >= 4 is 34.9 Å². The molecular formula is C15H16ClN3O2. The third-order valence-corrected chi connectivity index (χ3v) is 3.10. The Morgan fingerprint density at radius 1 is 1.43 bits per heavy atom. The SMILES string of the molecule is CCOC(=O)C(=Cc1nn(C)cc1Cl)c1ccc(N)cc1. The fourth-order valence-corrected chi connectivity index (χ4v) is 2.08. The molecule has 0 spiro atoms. The van der Waals surface area contributed by atoms with Gasteiger partial charge in [0.25, 0.3) is 0 Å². The number of esters is 1. The standard InChI is InChI=1S/C15H16ClN3O2/c1-3-21-15(20)12(10-4-6-11(17)7-5-10)8-14-13(16)9-19(2)18-14/h4-9H,3,17H2,1-2H3. The number of aromatic nitrogens is 2. The van der Waals surface area contributed by atoms with Gasteiger partial charge in [0.2, 0.25) is 0 Å². The highest BCUT2D eigenvalue weighted by Gasteiger charge is 2.15. The number of ether oxygens (including phenoxy) is 1. The molecule has 0 saturated heterocycles. The number of nitrogens with zero attached hydrogens (tertiary/aromatic N) is 2. The molecule has 0 aliphatic heterocycles. The number of nitrogens with two attached hydrogens (primary N) is 1. The molecule has 5 nitrogen and oxygen atoms in total. The van der Waals surface area contributed by atoms with Crippen molar-refractivity contribution in [2.45, 2.75) is 6.92 Å². The summed E-state index contributed by atoms with van der Waals surface area (Å²) in [7, 11) is 1.76. The van der Waals surface area contributed by atoms with Crippen molar-refractivity contribution in [2.24, 2.45) is 7.05 Å². The summed E-state index contributed by atoms with van der Waals surface area (Å²) in [5, 5.41) is 4.68. The van der Waals surface area contributed by atoms with Crippen molar-refractivity contribution in [3.8, 4) is 0 Å². The van der Waals surface area contributed by atoms with E-state index < -0.39 is 5.97 Å². The number of nitrogen functional groups attached to an aromatic ring is 1. The minimum atomic E-state index is -0.427. The lowest BCUT2D eigenvalue weighted by Gasteiger charge is -2.07. The minimum absolute atomic E-state index is 0.293. The molecule has 0 bridgehead atoms. The van der Waals surface area contributed by atoms with Gasteiger partial charge < -0.3 is 10.5 Å². The van der Waals surface area contributed by atoms with Crippen molar-refractivity contribution < 1.29 is 9.53 Å². The first kappa shape index (κ1) is 15.1. The summed E-state index contributed by atoms with van der Waals surface area (Å²) in [6.07, 6.45) is 3.28. The van der Waals surface area contributed by atoms with Gasteiger partial charge >= 0.3 is 5.97 Å². The summed E-state index contributed by atoms with van der Waals surface area (Å²) < 4.78 is 6.67. The fourth-order valence-electron chi connectivity index (χ4n) is 1.84. The van der Waals surface area contributed by atoms with E-state index in [0.717, 1.165) is 0 Å². The molecule has 2 rings (SSSR count). The Labute approximate surface area is 128 Å². The molecule has 110 valence electrons. The highest BCUT2D eigenvalue weighted by atomic mass is 35.5. The summed E-state index contributed by atoms with van der Waals surface area (Å²) >= 11 is 6.08. The van der Waals surface area contributed by atoms with Crippen molar-refractivity contribution in [1.82, 2.24) is 9.78 Å². The molecule has 1 aromatic heterocycles. The highest BCUT2D eigenvalue weighted by molar-refractivity contribution is 6.32. The second-order valence-corrected chi connectivity index (χ2v) is 4.84. The maximum Gasteiger partial charge on any atom is 0.338 e. The zero-order valence-electron chi connectivity index (χ0n) is 11.8. The van der Waals surface area contributed by atoms with Crippen LogP contribution in [-0.2, 0) is 16.6 Å². The molecule has 0 saturated carbocycles. The summed E-state index contributed by atoms with van der Waals surface area (Å²) in [6.45, 7) is 2.05. The van der Waals surface area contributed by atoms with Crippen molar-refractivity contribution in [2.75, 3.05) is 12.3 Å². The van der Waals surface area contributed by atoms with Crippen LogP contribution >= 0.6 is 11.6 Å². The van der Waals surface area contributed by atoms with E-state index in [1.807, 2.05) is 0 Å². The van der Waals surface area contributed by atoms with Gasteiger partial charge in [-0.3, -0.25) is 4.68 Å². The smallest absolute Gasteiger partial charge is 0.338 e. The zero-order valence-corrected chi connectivity index (χ0v) is 12.6. The lowest BCUT2D eigenvalue weighted by atomic mass is 10.0. The van der Waals surface area contributed by atoms with E-state index >= 15 is 0 Å². The van der Waals surface area contributed by atoms with Gasteiger partial charge in [0, 0.05) is 18.9 Å². The molecule has 2 N–H and O–H groups in total. The Bertz CT molecular complexity index is 675. The lowest BCUT2D eigenvalue weighted by molar-refractivity contribution is -0.136. The molecule has 1 heterocycles. The molecule has 0 aliphatic carbocycles. The fraction of sp³-hybridized carbons (Fsp3) is 0.200. The summed E-state index contributed by atoms with van der Waals surface area (Å²) in [4.78, 5) is 12.2. The largest absolute Gasteiger partial charge is 0.462 e. The number of halogens is 1. The Kier molecular flexibility index (Phi) is 4.65. The van der Waals surface area contributed by atoms with Crippen molar-refractivity contribution in [3.05, 3.63) is 46.7 Å². The molecule has 0 atom stereocenters. The number of hydrogen-bond acceptors (Lipinski definition) is 4. The van der Waals surface area contributed by atoms with Gasteiger partial charge in [-0.15, -0.1) is 0 Å². The van der Waals surface area contributed by atoms with E-state index in [9.17, 15) is 4.79 Å². The Morgan fingerprint density at radius 3 is 2.62 bits per heavy atom. The van der Waals surface area contributed by atoms with Crippen LogP contribution in [0.3, 0.4) is 0 Å². The molecule has 0 radical (unpaired) electrons. The second kappa shape index (κ2) is 6.45. The van der Waals surface area contributed by atoms with Crippen LogP contribution in [0, 0.1) is 0 Å². The lowest BCUT2D eigenvalue weighted by Crippen LogP contribution is -2.07. The van der Waals surface area contributed by atoms with Gasteiger partial charge in [-0.1, -0.05) is 23.7 Å². The van der Waals surface area contributed by atoms with Gasteiger partial charge in [-0.25, -0.2) is 4.79 Å². The molecule has 2 aromatic rings.